The molecule has 0 spiro atoms. The van der Waals surface area contributed by atoms with E-state index in [1.165, 1.54) is 11.3 Å². The van der Waals surface area contributed by atoms with Crippen LogP contribution >= 0.6 is 22.9 Å². The molecule has 0 radical (unpaired) electrons. The fraction of sp³-hybridized carbons (Fsp3) is 0.625. The first-order valence-corrected chi connectivity index (χ1v) is 9.19. The van der Waals surface area contributed by atoms with E-state index >= 15 is 0 Å². The molecule has 2 aliphatic heterocycles. The zero-order valence-electron chi connectivity index (χ0n) is 13.1. The maximum atomic E-state index is 12.6. The van der Waals surface area contributed by atoms with Gasteiger partial charge in [0, 0.05) is 30.7 Å². The van der Waals surface area contributed by atoms with Crippen LogP contribution in [0.15, 0.2) is 12.1 Å². The van der Waals surface area contributed by atoms with Crippen molar-refractivity contribution in [2.45, 2.75) is 44.2 Å². The second kappa shape index (κ2) is 7.20. The molecular formula is C16H21ClN2O3S. The summed E-state index contributed by atoms with van der Waals surface area (Å²) in [6, 6.07) is 3.51. The number of hydrogen-bond acceptors (Lipinski definition) is 4. The minimum atomic E-state index is -0.400. The molecule has 7 heteroatoms. The van der Waals surface area contributed by atoms with Crippen LogP contribution in [-0.2, 0) is 14.3 Å². The van der Waals surface area contributed by atoms with E-state index in [9.17, 15) is 9.59 Å². The molecule has 2 aliphatic rings. The summed E-state index contributed by atoms with van der Waals surface area (Å²) < 4.78 is 6.02. The van der Waals surface area contributed by atoms with Gasteiger partial charge >= 0.3 is 0 Å². The Morgan fingerprint density at radius 3 is 2.78 bits per heavy atom. The predicted molar refractivity (Wildman–Crippen MR) is 89.8 cm³/mol. The van der Waals surface area contributed by atoms with Crippen LogP contribution in [0.1, 0.15) is 37.0 Å². The first-order chi connectivity index (χ1) is 11.1. The van der Waals surface area contributed by atoms with Crippen LogP contribution in [0.5, 0.6) is 0 Å². The van der Waals surface area contributed by atoms with Crippen molar-refractivity contribution in [3.63, 3.8) is 0 Å². The fourth-order valence-corrected chi connectivity index (χ4v) is 4.29. The summed E-state index contributed by atoms with van der Waals surface area (Å²) in [4.78, 5) is 27.8. The third kappa shape index (κ3) is 3.70. The maximum absolute atomic E-state index is 12.6. The van der Waals surface area contributed by atoms with Crippen molar-refractivity contribution >= 4 is 34.8 Å². The number of carbonyl (C=O) groups excluding carboxylic acids is 2. The lowest BCUT2D eigenvalue weighted by Gasteiger charge is -2.31. The molecule has 0 aliphatic carbocycles. The molecule has 1 aromatic rings. The Kier molecular flexibility index (Phi) is 5.24. The molecule has 0 saturated carbocycles. The van der Waals surface area contributed by atoms with Crippen molar-refractivity contribution in [3.8, 4) is 0 Å². The standard InChI is InChI=1S/C16H21ClN2O3S/c1-10(13-2-3-14(17)23-13)15(20)18-12-4-7-19(16(12)21)11-5-8-22-9-6-11/h2-3,10-12H,4-9H2,1H3,(H,18,20). The van der Waals surface area contributed by atoms with Crippen LogP contribution in [0.4, 0.5) is 0 Å². The van der Waals surface area contributed by atoms with E-state index in [1.807, 2.05) is 17.9 Å². The topological polar surface area (TPSA) is 58.6 Å². The summed E-state index contributed by atoms with van der Waals surface area (Å²) in [6.45, 7) is 3.98. The lowest BCUT2D eigenvalue weighted by molar-refractivity contribution is -0.135. The van der Waals surface area contributed by atoms with Crippen LogP contribution in [0, 0.1) is 0 Å². The first-order valence-electron chi connectivity index (χ1n) is 8.00. The van der Waals surface area contributed by atoms with Crippen LogP contribution in [0.25, 0.3) is 0 Å². The van der Waals surface area contributed by atoms with Gasteiger partial charge in [0.1, 0.15) is 6.04 Å². The van der Waals surface area contributed by atoms with E-state index in [0.717, 1.165) is 17.7 Å². The maximum Gasteiger partial charge on any atom is 0.245 e. The Labute approximate surface area is 144 Å². The fourth-order valence-electron chi connectivity index (χ4n) is 3.18. The van der Waals surface area contributed by atoms with Crippen molar-refractivity contribution < 1.29 is 14.3 Å². The molecule has 2 saturated heterocycles. The molecule has 126 valence electrons. The van der Waals surface area contributed by atoms with Gasteiger partial charge in [-0.15, -0.1) is 11.3 Å². The van der Waals surface area contributed by atoms with Gasteiger partial charge in [-0.25, -0.2) is 0 Å². The highest BCUT2D eigenvalue weighted by molar-refractivity contribution is 7.16. The van der Waals surface area contributed by atoms with Crippen molar-refractivity contribution in [2.75, 3.05) is 19.8 Å². The highest BCUT2D eigenvalue weighted by Gasteiger charge is 2.37. The first kappa shape index (κ1) is 16.7. The Morgan fingerprint density at radius 2 is 2.13 bits per heavy atom. The van der Waals surface area contributed by atoms with Crippen LogP contribution in [0.2, 0.25) is 4.34 Å². The van der Waals surface area contributed by atoms with Gasteiger partial charge in [0.25, 0.3) is 0 Å². The molecule has 2 fully saturated rings. The van der Waals surface area contributed by atoms with Gasteiger partial charge in [0.2, 0.25) is 11.8 Å². The van der Waals surface area contributed by atoms with Crippen molar-refractivity contribution in [1.29, 1.82) is 0 Å². The van der Waals surface area contributed by atoms with E-state index in [4.69, 9.17) is 16.3 Å². The molecule has 2 atom stereocenters. The van der Waals surface area contributed by atoms with E-state index in [2.05, 4.69) is 5.32 Å². The highest BCUT2D eigenvalue weighted by Crippen LogP contribution is 2.28. The lowest BCUT2D eigenvalue weighted by atomic mass is 10.1. The predicted octanol–water partition coefficient (Wildman–Crippen LogP) is 2.40. The van der Waals surface area contributed by atoms with Gasteiger partial charge in [-0.1, -0.05) is 11.6 Å². The average molecular weight is 357 g/mol. The number of nitrogens with one attached hydrogen (secondary N) is 1. The molecule has 5 nitrogen and oxygen atoms in total. The smallest absolute Gasteiger partial charge is 0.245 e. The van der Waals surface area contributed by atoms with E-state index in [-0.39, 0.29) is 23.8 Å². The number of rotatable bonds is 4. The Hall–Kier alpha value is -1.11. The Morgan fingerprint density at radius 1 is 1.39 bits per heavy atom. The molecule has 2 amide bonds. The van der Waals surface area contributed by atoms with Crippen molar-refractivity contribution in [2.24, 2.45) is 0 Å². The molecule has 23 heavy (non-hydrogen) atoms. The zero-order valence-corrected chi connectivity index (χ0v) is 14.7. The van der Waals surface area contributed by atoms with Gasteiger partial charge in [-0.05, 0) is 38.3 Å². The third-order valence-electron chi connectivity index (χ3n) is 4.60. The number of carbonyl (C=O) groups is 2. The number of halogens is 1. The number of thiophene rings is 1. The van der Waals surface area contributed by atoms with Gasteiger partial charge < -0.3 is 15.0 Å². The van der Waals surface area contributed by atoms with Gasteiger partial charge in [-0.3, -0.25) is 9.59 Å². The van der Waals surface area contributed by atoms with Crippen molar-refractivity contribution in [1.82, 2.24) is 10.2 Å². The largest absolute Gasteiger partial charge is 0.381 e. The molecular weight excluding hydrogens is 336 g/mol. The van der Waals surface area contributed by atoms with Gasteiger partial charge in [0.05, 0.1) is 10.3 Å². The molecule has 1 aromatic heterocycles. The van der Waals surface area contributed by atoms with E-state index in [1.54, 1.807) is 6.07 Å². The SMILES string of the molecule is CC(C(=O)NC1CCN(C2CCOCC2)C1=O)c1ccc(Cl)s1. The number of hydrogen-bond donors (Lipinski definition) is 1. The summed E-state index contributed by atoms with van der Waals surface area (Å²) in [5, 5.41) is 2.91. The van der Waals surface area contributed by atoms with Gasteiger partial charge in [-0.2, -0.15) is 0 Å². The summed E-state index contributed by atoms with van der Waals surface area (Å²) in [6.07, 6.45) is 2.45. The number of ether oxygens (including phenoxy) is 1. The highest BCUT2D eigenvalue weighted by atomic mass is 35.5. The molecule has 3 heterocycles. The second-order valence-electron chi connectivity index (χ2n) is 6.09. The van der Waals surface area contributed by atoms with Crippen LogP contribution in [-0.4, -0.2) is 48.6 Å². The Balaban J connectivity index is 1.57. The Bertz CT molecular complexity index is 586. The summed E-state index contributed by atoms with van der Waals surface area (Å²) in [7, 11) is 0. The van der Waals surface area contributed by atoms with Crippen LogP contribution < -0.4 is 5.32 Å². The molecule has 3 rings (SSSR count). The summed E-state index contributed by atoms with van der Waals surface area (Å²) in [5.41, 5.74) is 0. The zero-order chi connectivity index (χ0) is 16.4. The molecule has 1 N–H and O–H groups in total. The molecule has 2 unspecified atom stereocenters. The summed E-state index contributed by atoms with van der Waals surface area (Å²) >= 11 is 7.33. The quantitative estimate of drug-likeness (QED) is 0.901. The van der Waals surface area contributed by atoms with E-state index in [0.29, 0.717) is 30.5 Å². The van der Waals surface area contributed by atoms with Crippen molar-refractivity contribution in [3.05, 3.63) is 21.3 Å². The second-order valence-corrected chi connectivity index (χ2v) is 7.84. The summed E-state index contributed by atoms with van der Waals surface area (Å²) in [5.74, 6) is -0.366. The minimum absolute atomic E-state index is 0.0432. The monoisotopic (exact) mass is 356 g/mol. The average Bonchev–Trinajstić information content (AvgIpc) is 3.14. The molecule has 0 bridgehead atoms. The number of amides is 2. The normalized spacial score (nSPS) is 24.0. The van der Waals surface area contributed by atoms with Gasteiger partial charge in [0.15, 0.2) is 0 Å². The molecule has 0 aromatic carbocycles. The number of likely N-dealkylation sites (tertiary alicyclic amines) is 1. The number of nitrogens with zero attached hydrogens (tertiary/aromatic N) is 1. The van der Waals surface area contributed by atoms with Crippen LogP contribution in [0.3, 0.4) is 0 Å². The third-order valence-corrected chi connectivity index (χ3v) is 6.02. The lowest BCUT2D eigenvalue weighted by Crippen LogP contribution is -2.46. The van der Waals surface area contributed by atoms with E-state index < -0.39 is 6.04 Å². The minimum Gasteiger partial charge on any atom is -0.381 e.